The van der Waals surface area contributed by atoms with Crippen LogP contribution >= 0.6 is 0 Å². The largest absolute Gasteiger partial charge is 0.389 e. The Morgan fingerprint density at radius 2 is 1.64 bits per heavy atom. The van der Waals surface area contributed by atoms with E-state index in [0.29, 0.717) is 0 Å². The van der Waals surface area contributed by atoms with E-state index in [1.54, 1.807) is 6.08 Å². The average Bonchev–Trinajstić information content (AvgIpc) is 1.83. The molecule has 0 radical (unpaired) electrons. The van der Waals surface area contributed by atoms with Gasteiger partial charge < -0.3 is 5.11 Å². The molecule has 0 rings (SSSR count). The van der Waals surface area contributed by atoms with E-state index < -0.39 is 5.60 Å². The van der Waals surface area contributed by atoms with Crippen molar-refractivity contribution in [3.63, 3.8) is 0 Å². The maximum absolute atomic E-state index is 10.0. The molecule has 0 spiro atoms. The van der Waals surface area contributed by atoms with E-state index in [4.69, 9.17) is 0 Å². The first kappa shape index (κ1) is 10.7. The van der Waals surface area contributed by atoms with Gasteiger partial charge in [0.25, 0.3) is 0 Å². The molecule has 0 heterocycles. The van der Waals surface area contributed by atoms with Crippen molar-refractivity contribution < 1.29 is 5.11 Å². The highest BCUT2D eigenvalue weighted by Crippen LogP contribution is 2.36. The number of rotatable bonds is 2. The van der Waals surface area contributed by atoms with E-state index in [2.05, 4.69) is 6.58 Å². The topological polar surface area (TPSA) is 20.2 Å². The summed E-state index contributed by atoms with van der Waals surface area (Å²) in [6, 6.07) is 0. The SMILES string of the molecule is C=C[C@@H](C)[C@@](C)(O)C(C)(C)C. The van der Waals surface area contributed by atoms with Gasteiger partial charge in [-0.15, -0.1) is 6.58 Å². The molecule has 0 aliphatic heterocycles. The van der Waals surface area contributed by atoms with Crippen LogP contribution in [0.2, 0.25) is 0 Å². The van der Waals surface area contributed by atoms with E-state index in [-0.39, 0.29) is 11.3 Å². The fourth-order valence-corrected chi connectivity index (χ4v) is 0.912. The highest BCUT2D eigenvalue weighted by Gasteiger charge is 2.38. The van der Waals surface area contributed by atoms with Crippen LogP contribution in [0, 0.1) is 11.3 Å². The highest BCUT2D eigenvalue weighted by atomic mass is 16.3. The Hall–Kier alpha value is -0.300. The van der Waals surface area contributed by atoms with Gasteiger partial charge in [-0.3, -0.25) is 0 Å². The fraction of sp³-hybridized carbons (Fsp3) is 0.800. The van der Waals surface area contributed by atoms with Crippen molar-refractivity contribution in [2.24, 2.45) is 11.3 Å². The summed E-state index contributed by atoms with van der Waals surface area (Å²) < 4.78 is 0. The molecule has 2 atom stereocenters. The van der Waals surface area contributed by atoms with E-state index >= 15 is 0 Å². The van der Waals surface area contributed by atoms with Crippen molar-refractivity contribution in [2.75, 3.05) is 0 Å². The standard InChI is InChI=1S/C10H20O/c1-7-8(2)10(6,11)9(3,4)5/h7-8,11H,1H2,2-6H3/t8-,10-/m1/s1. The first-order chi connectivity index (χ1) is 4.73. The predicted molar refractivity (Wildman–Crippen MR) is 49.4 cm³/mol. The monoisotopic (exact) mass is 156 g/mol. The lowest BCUT2D eigenvalue weighted by molar-refractivity contribution is -0.0696. The van der Waals surface area contributed by atoms with Crippen LogP contribution in [-0.2, 0) is 0 Å². The summed E-state index contributed by atoms with van der Waals surface area (Å²) in [5.74, 6) is 0.127. The third-order valence-electron chi connectivity index (χ3n) is 2.76. The predicted octanol–water partition coefficient (Wildman–Crippen LogP) is 2.61. The highest BCUT2D eigenvalue weighted by molar-refractivity contribution is 4.97. The summed E-state index contributed by atoms with van der Waals surface area (Å²) in [6.45, 7) is 13.6. The Balaban J connectivity index is 4.58. The van der Waals surface area contributed by atoms with Gasteiger partial charge in [-0.05, 0) is 12.3 Å². The first-order valence-electron chi connectivity index (χ1n) is 4.08. The van der Waals surface area contributed by atoms with Crippen molar-refractivity contribution in [3.8, 4) is 0 Å². The van der Waals surface area contributed by atoms with E-state index in [0.717, 1.165) is 0 Å². The Morgan fingerprint density at radius 1 is 1.27 bits per heavy atom. The smallest absolute Gasteiger partial charge is 0.0727 e. The summed E-state index contributed by atoms with van der Waals surface area (Å²) >= 11 is 0. The first-order valence-corrected chi connectivity index (χ1v) is 4.08. The average molecular weight is 156 g/mol. The molecule has 0 bridgehead atoms. The van der Waals surface area contributed by atoms with Crippen molar-refractivity contribution >= 4 is 0 Å². The Morgan fingerprint density at radius 3 is 1.73 bits per heavy atom. The summed E-state index contributed by atoms with van der Waals surface area (Å²) in [5.41, 5.74) is -0.768. The van der Waals surface area contributed by atoms with Gasteiger partial charge in [-0.25, -0.2) is 0 Å². The molecule has 0 aromatic carbocycles. The van der Waals surface area contributed by atoms with Crippen molar-refractivity contribution in [2.45, 2.75) is 40.2 Å². The third kappa shape index (κ3) is 2.06. The molecule has 0 aromatic rings. The molecule has 0 saturated heterocycles. The van der Waals surface area contributed by atoms with Gasteiger partial charge in [0.05, 0.1) is 5.60 Å². The van der Waals surface area contributed by atoms with Crippen LogP contribution in [0.5, 0.6) is 0 Å². The van der Waals surface area contributed by atoms with Crippen molar-refractivity contribution in [3.05, 3.63) is 12.7 Å². The maximum atomic E-state index is 10.0. The second-order valence-corrected chi connectivity index (χ2v) is 4.42. The normalized spacial score (nSPS) is 20.5. The van der Waals surface area contributed by atoms with Gasteiger partial charge in [0.2, 0.25) is 0 Å². The molecule has 0 fully saturated rings. The molecule has 0 aliphatic carbocycles. The van der Waals surface area contributed by atoms with Gasteiger partial charge in [-0.1, -0.05) is 33.8 Å². The zero-order chi connectivity index (χ0) is 9.28. The molecular formula is C10H20O. The number of hydrogen-bond donors (Lipinski definition) is 1. The molecule has 11 heavy (non-hydrogen) atoms. The second-order valence-electron chi connectivity index (χ2n) is 4.42. The molecule has 1 heteroatoms. The molecule has 66 valence electrons. The molecule has 0 unspecified atom stereocenters. The summed E-state index contributed by atoms with van der Waals surface area (Å²) in [4.78, 5) is 0. The van der Waals surface area contributed by atoms with Crippen LogP contribution in [0.25, 0.3) is 0 Å². The van der Waals surface area contributed by atoms with Gasteiger partial charge >= 0.3 is 0 Å². The molecule has 0 amide bonds. The molecule has 0 aliphatic rings. The quantitative estimate of drug-likeness (QED) is 0.609. The van der Waals surface area contributed by atoms with Crippen LogP contribution in [0.4, 0.5) is 0 Å². The molecule has 0 aromatic heterocycles. The van der Waals surface area contributed by atoms with Crippen LogP contribution in [0.3, 0.4) is 0 Å². The molecule has 0 saturated carbocycles. The van der Waals surface area contributed by atoms with Crippen molar-refractivity contribution in [1.29, 1.82) is 0 Å². The molecular weight excluding hydrogens is 136 g/mol. The van der Waals surface area contributed by atoms with E-state index in [1.165, 1.54) is 0 Å². The van der Waals surface area contributed by atoms with Gasteiger partial charge in [0.1, 0.15) is 0 Å². The van der Waals surface area contributed by atoms with Gasteiger partial charge in [-0.2, -0.15) is 0 Å². The van der Waals surface area contributed by atoms with Gasteiger partial charge in [0, 0.05) is 5.92 Å². The fourth-order valence-electron chi connectivity index (χ4n) is 0.912. The van der Waals surface area contributed by atoms with Crippen LogP contribution < -0.4 is 0 Å². The van der Waals surface area contributed by atoms with E-state index in [9.17, 15) is 5.11 Å². The summed E-state index contributed by atoms with van der Waals surface area (Å²) in [5, 5.41) is 10.0. The minimum atomic E-state index is -0.672. The van der Waals surface area contributed by atoms with Gasteiger partial charge in [0.15, 0.2) is 0 Å². The lowest BCUT2D eigenvalue weighted by Gasteiger charge is -2.40. The van der Waals surface area contributed by atoms with Crippen molar-refractivity contribution in [1.82, 2.24) is 0 Å². The minimum Gasteiger partial charge on any atom is -0.389 e. The number of hydrogen-bond acceptors (Lipinski definition) is 1. The van der Waals surface area contributed by atoms with Crippen LogP contribution in [0.15, 0.2) is 12.7 Å². The molecule has 1 N–H and O–H groups in total. The van der Waals surface area contributed by atoms with Crippen LogP contribution in [0.1, 0.15) is 34.6 Å². The summed E-state index contributed by atoms with van der Waals surface area (Å²) in [7, 11) is 0. The second kappa shape index (κ2) is 2.98. The third-order valence-corrected chi connectivity index (χ3v) is 2.76. The minimum absolute atomic E-state index is 0.0966. The summed E-state index contributed by atoms with van der Waals surface area (Å²) in [6.07, 6.45) is 1.80. The maximum Gasteiger partial charge on any atom is 0.0727 e. The number of aliphatic hydroxyl groups is 1. The van der Waals surface area contributed by atoms with E-state index in [1.807, 2.05) is 34.6 Å². The lowest BCUT2D eigenvalue weighted by Crippen LogP contribution is -2.44. The Kier molecular flexibility index (Phi) is 2.90. The Labute approximate surface area is 70.1 Å². The lowest BCUT2D eigenvalue weighted by atomic mass is 9.71. The van der Waals surface area contributed by atoms with Crippen LogP contribution in [-0.4, -0.2) is 10.7 Å². The Bertz CT molecular complexity index is 139. The zero-order valence-corrected chi connectivity index (χ0v) is 8.31. The molecule has 1 nitrogen and oxygen atoms in total. The zero-order valence-electron chi connectivity index (χ0n) is 8.31.